The van der Waals surface area contributed by atoms with E-state index < -0.39 is 18.1 Å². The molecule has 0 aliphatic heterocycles. The van der Waals surface area contributed by atoms with E-state index in [1.165, 1.54) is 0 Å². The number of carboxylic acids is 1. The van der Waals surface area contributed by atoms with Gasteiger partial charge < -0.3 is 15.6 Å². The first-order valence-corrected chi connectivity index (χ1v) is 8.84. The third-order valence-corrected chi connectivity index (χ3v) is 4.80. The molecule has 142 valence electrons. The quantitative estimate of drug-likeness (QED) is 0.391. The highest BCUT2D eigenvalue weighted by atomic mass is 16.6. The summed E-state index contributed by atoms with van der Waals surface area (Å²) >= 11 is 0. The van der Waals surface area contributed by atoms with Gasteiger partial charge in [-0.25, -0.2) is 15.6 Å². The van der Waals surface area contributed by atoms with E-state index in [1.807, 2.05) is 36.4 Å². The van der Waals surface area contributed by atoms with Crippen LogP contribution in [-0.4, -0.2) is 41.4 Å². The third kappa shape index (κ3) is 4.10. The van der Waals surface area contributed by atoms with Crippen LogP contribution in [0.3, 0.4) is 0 Å². The number of carboxylic acid groups (broad SMARTS) is 1. The zero-order chi connectivity index (χ0) is 19.4. The van der Waals surface area contributed by atoms with E-state index in [0.717, 1.165) is 27.3 Å². The van der Waals surface area contributed by atoms with Gasteiger partial charge in [0.2, 0.25) is 0 Å². The van der Waals surface area contributed by atoms with Gasteiger partial charge in [-0.2, -0.15) is 0 Å². The van der Waals surface area contributed by atoms with Crippen molar-refractivity contribution in [2.24, 2.45) is 11.6 Å². The van der Waals surface area contributed by atoms with Crippen molar-refractivity contribution < 1.29 is 19.4 Å². The highest BCUT2D eigenvalue weighted by molar-refractivity contribution is 5.79. The Hall–Kier alpha value is -2.90. The molecule has 0 spiro atoms. The lowest BCUT2D eigenvalue weighted by Crippen LogP contribution is -2.40. The summed E-state index contributed by atoms with van der Waals surface area (Å²) in [6.45, 7) is 0.368. The van der Waals surface area contributed by atoms with Crippen LogP contribution in [0.2, 0.25) is 0 Å². The first-order chi connectivity index (χ1) is 13.0. The number of amides is 1. The Morgan fingerprint density at radius 1 is 1.07 bits per heavy atom. The topological polar surface area (TPSA) is 119 Å². The van der Waals surface area contributed by atoms with Crippen molar-refractivity contribution in [3.63, 3.8) is 0 Å². The summed E-state index contributed by atoms with van der Waals surface area (Å²) in [5.41, 5.74) is 10.00. The lowest BCUT2D eigenvalue weighted by Gasteiger charge is -2.19. The molecule has 0 saturated heterocycles. The number of carbonyl (C=O) groups excluding carboxylic acids is 1. The van der Waals surface area contributed by atoms with E-state index >= 15 is 0 Å². The van der Waals surface area contributed by atoms with E-state index in [4.69, 9.17) is 21.4 Å². The van der Waals surface area contributed by atoms with Gasteiger partial charge in [0, 0.05) is 12.5 Å². The molecule has 1 atom stereocenters. The maximum atomic E-state index is 12.2. The lowest BCUT2D eigenvalue weighted by molar-refractivity contribution is -0.138. The van der Waals surface area contributed by atoms with Crippen molar-refractivity contribution in [1.29, 1.82) is 0 Å². The smallest absolute Gasteiger partial charge is 0.424 e. The fourth-order valence-electron chi connectivity index (χ4n) is 3.37. The minimum atomic E-state index is -1.07. The SMILES string of the molecule is NC(CCCN(N)C(=O)OCC1c2ccccc2-c2ccccc21)C(=O)O. The number of hydrogen-bond acceptors (Lipinski definition) is 5. The molecule has 1 aliphatic rings. The molecule has 1 amide bonds. The Balaban J connectivity index is 1.58. The summed E-state index contributed by atoms with van der Waals surface area (Å²) in [5, 5.41) is 9.72. The fraction of sp³-hybridized carbons (Fsp3) is 0.300. The number of carbonyl (C=O) groups is 2. The molecule has 27 heavy (non-hydrogen) atoms. The van der Waals surface area contributed by atoms with Gasteiger partial charge in [0.15, 0.2) is 0 Å². The molecule has 7 nitrogen and oxygen atoms in total. The van der Waals surface area contributed by atoms with Crippen molar-refractivity contribution in [1.82, 2.24) is 5.01 Å². The second-order valence-electron chi connectivity index (χ2n) is 6.58. The minimum Gasteiger partial charge on any atom is -0.480 e. The maximum Gasteiger partial charge on any atom is 0.424 e. The van der Waals surface area contributed by atoms with Crippen LogP contribution in [0.5, 0.6) is 0 Å². The Labute approximate surface area is 157 Å². The molecule has 2 aromatic carbocycles. The van der Waals surface area contributed by atoms with Crippen molar-refractivity contribution in [3.05, 3.63) is 59.7 Å². The number of nitrogens with zero attached hydrogens (tertiary/aromatic N) is 1. The number of nitrogens with two attached hydrogens (primary N) is 2. The minimum absolute atomic E-state index is 0.0322. The Kier molecular flexibility index (Phi) is 5.73. The van der Waals surface area contributed by atoms with Crippen LogP contribution >= 0.6 is 0 Å². The van der Waals surface area contributed by atoms with Gasteiger partial charge in [0.25, 0.3) is 0 Å². The third-order valence-electron chi connectivity index (χ3n) is 4.80. The number of rotatable bonds is 7. The lowest BCUT2D eigenvalue weighted by atomic mass is 9.98. The molecule has 1 aliphatic carbocycles. The number of benzene rings is 2. The van der Waals surface area contributed by atoms with E-state index in [-0.39, 0.29) is 25.5 Å². The van der Waals surface area contributed by atoms with Gasteiger partial charge in [0.05, 0.1) is 0 Å². The average Bonchev–Trinajstić information content (AvgIpc) is 2.99. The van der Waals surface area contributed by atoms with Gasteiger partial charge >= 0.3 is 12.1 Å². The van der Waals surface area contributed by atoms with E-state index in [2.05, 4.69) is 12.1 Å². The van der Waals surface area contributed by atoms with Crippen LogP contribution in [0, 0.1) is 0 Å². The molecule has 1 unspecified atom stereocenters. The van der Waals surface area contributed by atoms with Crippen molar-refractivity contribution in [3.8, 4) is 11.1 Å². The second kappa shape index (κ2) is 8.20. The number of hydrazine groups is 1. The molecule has 0 radical (unpaired) electrons. The summed E-state index contributed by atoms with van der Waals surface area (Å²) in [7, 11) is 0. The summed E-state index contributed by atoms with van der Waals surface area (Å²) in [6, 6.07) is 15.2. The van der Waals surface area contributed by atoms with Crippen molar-refractivity contribution >= 4 is 12.1 Å². The molecular weight excluding hydrogens is 346 g/mol. The number of aliphatic carboxylic acids is 1. The standard InChI is InChI=1S/C20H23N3O4/c21-18(19(24)25)10-5-11-23(22)20(26)27-12-17-15-8-3-1-6-13(15)14-7-2-4-9-16(14)17/h1-4,6-9,17-18H,5,10-12,21-22H2,(H,24,25). The van der Waals surface area contributed by atoms with Crippen LogP contribution in [0.15, 0.2) is 48.5 Å². The highest BCUT2D eigenvalue weighted by Crippen LogP contribution is 2.44. The van der Waals surface area contributed by atoms with Gasteiger partial charge in [0.1, 0.15) is 12.6 Å². The zero-order valence-electron chi connectivity index (χ0n) is 14.9. The molecule has 0 saturated carbocycles. The van der Waals surface area contributed by atoms with Crippen LogP contribution < -0.4 is 11.6 Å². The van der Waals surface area contributed by atoms with Crippen LogP contribution in [0.25, 0.3) is 11.1 Å². The Morgan fingerprint density at radius 2 is 1.63 bits per heavy atom. The Bertz CT molecular complexity index is 794. The first-order valence-electron chi connectivity index (χ1n) is 8.84. The molecule has 0 fully saturated rings. The fourth-order valence-corrected chi connectivity index (χ4v) is 3.37. The van der Waals surface area contributed by atoms with Gasteiger partial charge in [-0.3, -0.25) is 4.79 Å². The number of fused-ring (bicyclic) bond motifs is 3. The predicted octanol–water partition coefficient (Wildman–Crippen LogP) is 2.30. The molecule has 2 aromatic rings. The summed E-state index contributed by atoms with van der Waals surface area (Å²) in [5.74, 6) is 4.62. The van der Waals surface area contributed by atoms with E-state index in [1.54, 1.807) is 0 Å². The van der Waals surface area contributed by atoms with Gasteiger partial charge in [-0.1, -0.05) is 48.5 Å². The van der Waals surface area contributed by atoms with E-state index in [9.17, 15) is 9.59 Å². The average molecular weight is 369 g/mol. The van der Waals surface area contributed by atoms with Crippen molar-refractivity contribution in [2.75, 3.05) is 13.2 Å². The molecule has 5 N–H and O–H groups in total. The van der Waals surface area contributed by atoms with Gasteiger partial charge in [-0.15, -0.1) is 0 Å². The summed E-state index contributed by atoms with van der Waals surface area (Å²) < 4.78 is 5.42. The molecule has 0 bridgehead atoms. The molecule has 0 heterocycles. The monoisotopic (exact) mass is 369 g/mol. The Morgan fingerprint density at radius 3 is 2.19 bits per heavy atom. The second-order valence-corrected chi connectivity index (χ2v) is 6.58. The van der Waals surface area contributed by atoms with E-state index in [0.29, 0.717) is 6.42 Å². The largest absolute Gasteiger partial charge is 0.480 e. The highest BCUT2D eigenvalue weighted by Gasteiger charge is 2.29. The number of hydrogen-bond donors (Lipinski definition) is 3. The number of ether oxygens (including phenoxy) is 1. The molecular formula is C20H23N3O4. The van der Waals surface area contributed by atoms with Crippen LogP contribution in [0.1, 0.15) is 29.9 Å². The summed E-state index contributed by atoms with van der Waals surface area (Å²) in [6.07, 6.45) is -0.0193. The van der Waals surface area contributed by atoms with Crippen LogP contribution in [0.4, 0.5) is 4.79 Å². The predicted molar refractivity (Wildman–Crippen MR) is 101 cm³/mol. The maximum absolute atomic E-state index is 12.2. The molecule has 3 rings (SSSR count). The van der Waals surface area contributed by atoms with Gasteiger partial charge in [-0.05, 0) is 35.1 Å². The molecule has 7 heteroatoms. The van der Waals surface area contributed by atoms with Crippen LogP contribution in [-0.2, 0) is 9.53 Å². The normalized spacial score (nSPS) is 13.6. The van der Waals surface area contributed by atoms with Crippen molar-refractivity contribution in [2.45, 2.75) is 24.8 Å². The first kappa shape index (κ1) is 18.9. The molecule has 0 aromatic heterocycles. The summed E-state index contributed by atoms with van der Waals surface area (Å²) in [4.78, 5) is 22.9. The zero-order valence-corrected chi connectivity index (χ0v) is 14.9.